The van der Waals surface area contributed by atoms with Gasteiger partial charge in [-0.1, -0.05) is 11.8 Å². The van der Waals surface area contributed by atoms with Gasteiger partial charge in [-0.25, -0.2) is 0 Å². The molecule has 2 fully saturated rings. The zero-order valence-electron chi connectivity index (χ0n) is 27.9. The first-order chi connectivity index (χ1) is 23.9. The van der Waals surface area contributed by atoms with Crippen molar-refractivity contribution in [1.82, 2.24) is 10.2 Å². The third-order valence-corrected chi connectivity index (χ3v) is 8.91. The Labute approximate surface area is 289 Å². The molecule has 1 unspecified atom stereocenters. The summed E-state index contributed by atoms with van der Waals surface area (Å²) in [7, 11) is 1.40. The van der Waals surface area contributed by atoms with Crippen LogP contribution in [0.15, 0.2) is 52.7 Å². The van der Waals surface area contributed by atoms with Crippen LogP contribution in [0.5, 0.6) is 0 Å². The highest BCUT2D eigenvalue weighted by Gasteiger charge is 2.43. The number of hydrogen-bond acceptors (Lipinski definition) is 10. The molecule has 0 spiro atoms. The number of benzene rings is 2. The van der Waals surface area contributed by atoms with Gasteiger partial charge in [-0.3, -0.25) is 29.1 Å². The number of fused-ring (bicyclic) bond motifs is 1. The predicted octanol–water partition coefficient (Wildman–Crippen LogP) is 2.79. The van der Waals surface area contributed by atoms with Gasteiger partial charge in [0.05, 0.1) is 34.3 Å². The van der Waals surface area contributed by atoms with Crippen molar-refractivity contribution < 1.29 is 24.0 Å². The smallest absolute Gasteiger partial charge is 0.262 e. The second-order valence-corrected chi connectivity index (χ2v) is 12.9. The predicted molar refractivity (Wildman–Crippen MR) is 185 cm³/mol. The number of likely N-dealkylation sites (N-methyl/N-ethyl adjacent to an activating group) is 1. The highest BCUT2D eigenvalue weighted by Crippen LogP contribution is 2.44. The third-order valence-electron chi connectivity index (χ3n) is 8.91. The lowest BCUT2D eigenvalue weighted by Gasteiger charge is -2.38. The van der Waals surface area contributed by atoms with E-state index in [1.807, 2.05) is 11.0 Å². The van der Waals surface area contributed by atoms with Crippen LogP contribution in [0.3, 0.4) is 0 Å². The summed E-state index contributed by atoms with van der Waals surface area (Å²) in [5, 5.41) is 24.2. The molecule has 1 saturated carbocycles. The fourth-order valence-electron chi connectivity index (χ4n) is 5.73. The first-order valence-electron chi connectivity index (χ1n) is 16.2. The first kappa shape index (κ1) is 35.1. The summed E-state index contributed by atoms with van der Waals surface area (Å²) in [6, 6.07) is 13.0. The van der Waals surface area contributed by atoms with Gasteiger partial charge in [-0.2, -0.15) is 10.5 Å². The van der Waals surface area contributed by atoms with Gasteiger partial charge >= 0.3 is 0 Å². The summed E-state index contributed by atoms with van der Waals surface area (Å²) in [6.07, 6.45) is 4.00. The van der Waals surface area contributed by atoms with Gasteiger partial charge in [0.15, 0.2) is 0 Å². The molecule has 0 aromatic heterocycles. The molecule has 13 nitrogen and oxygen atoms in total. The van der Waals surface area contributed by atoms with E-state index in [4.69, 9.17) is 5.73 Å². The Morgan fingerprint density at radius 3 is 2.46 bits per heavy atom. The van der Waals surface area contributed by atoms with Crippen molar-refractivity contribution in [2.24, 2.45) is 16.6 Å². The molecule has 254 valence electrons. The molecule has 4 N–H and O–H groups in total. The fraction of sp³-hybridized carbons (Fsp3) is 0.351. The number of nitrogens with one attached hydrogen (secondary N) is 2. The molecule has 1 aliphatic carbocycles. The summed E-state index contributed by atoms with van der Waals surface area (Å²) < 4.78 is 0. The monoisotopic (exact) mass is 672 g/mol. The minimum absolute atomic E-state index is 0.0177. The minimum atomic E-state index is -1.23. The Morgan fingerprint density at radius 1 is 1.10 bits per heavy atom. The van der Waals surface area contributed by atoms with Crippen LogP contribution in [0, 0.1) is 40.4 Å². The third kappa shape index (κ3) is 7.25. The van der Waals surface area contributed by atoms with Crippen LogP contribution in [-0.4, -0.2) is 72.7 Å². The molecule has 2 aliphatic heterocycles. The van der Waals surface area contributed by atoms with Crippen LogP contribution in [0.4, 0.5) is 11.4 Å². The number of anilines is 2. The second-order valence-electron chi connectivity index (χ2n) is 12.9. The molecule has 2 aromatic rings. The van der Waals surface area contributed by atoms with Crippen molar-refractivity contribution in [1.29, 1.82) is 10.5 Å². The van der Waals surface area contributed by atoms with Gasteiger partial charge in [-0.15, -0.1) is 0 Å². The summed E-state index contributed by atoms with van der Waals surface area (Å²) in [4.78, 5) is 70.4. The van der Waals surface area contributed by atoms with E-state index in [1.165, 1.54) is 13.3 Å². The Balaban J connectivity index is 1.24. The number of carbonyl (C=O) groups is 5. The van der Waals surface area contributed by atoms with Crippen molar-refractivity contribution in [3.05, 3.63) is 69.9 Å². The molecule has 1 saturated heterocycles. The van der Waals surface area contributed by atoms with Gasteiger partial charge in [0, 0.05) is 44.1 Å². The standard InChI is InChI=1S/C37H36N8O5/c1-37(2,36(50)43-31-13-7-22(17-38)15-28(31)24-9-10-24)42-19-25(30(40)18-39)8-6-23-20-44(21-23)26-11-12-27-29(16-26)35(49)45(34(27)48)32(5-4-14-46)33(47)41-3/h7,11-16,19,23-24,32H,4-5,9-10,20-21,40H2,1-3H3,(H,41,47)(H,43,50). The highest BCUT2D eigenvalue weighted by molar-refractivity contribution is 6.23. The maximum absolute atomic E-state index is 13.3. The van der Waals surface area contributed by atoms with Crippen molar-refractivity contribution in [3.63, 3.8) is 0 Å². The molecular formula is C37H36N8O5. The average molecular weight is 673 g/mol. The minimum Gasteiger partial charge on any atom is -0.389 e. The molecule has 3 aliphatic rings. The lowest BCUT2D eigenvalue weighted by molar-refractivity contribution is -0.125. The zero-order chi connectivity index (χ0) is 36.2. The molecule has 0 radical (unpaired) electrons. The number of nitriles is 2. The van der Waals surface area contributed by atoms with E-state index >= 15 is 0 Å². The number of carbonyl (C=O) groups excluding carboxylic acids is 5. The lowest BCUT2D eigenvalue weighted by Crippen LogP contribution is -2.48. The van der Waals surface area contributed by atoms with E-state index in [-0.39, 0.29) is 47.1 Å². The zero-order valence-corrected chi connectivity index (χ0v) is 27.9. The lowest BCUT2D eigenvalue weighted by atomic mass is 9.98. The molecule has 13 heteroatoms. The molecule has 50 heavy (non-hydrogen) atoms. The molecule has 2 heterocycles. The van der Waals surface area contributed by atoms with Crippen molar-refractivity contribution in [2.45, 2.75) is 57.0 Å². The molecular weight excluding hydrogens is 636 g/mol. The molecule has 4 amide bonds. The SMILES string of the molecule is CNC(=O)C(CCC=O)N1C(=O)c2ccc(N3CC(C#CC(C=NC(C)(C)C(=O)Nc4ccc(C#N)cc4C4CC4)=C(N)C#N)C3)cc2C1=O. The summed E-state index contributed by atoms with van der Waals surface area (Å²) in [6.45, 7) is 4.26. The van der Waals surface area contributed by atoms with Crippen LogP contribution in [-0.2, 0) is 14.4 Å². The number of aliphatic imine (C=N–C) groups is 1. The van der Waals surface area contributed by atoms with Crippen LogP contribution in [0.25, 0.3) is 0 Å². The maximum Gasteiger partial charge on any atom is 0.262 e. The number of imide groups is 1. The summed E-state index contributed by atoms with van der Waals surface area (Å²) in [5.41, 5.74) is 7.89. The Hall–Kier alpha value is -6.26. The number of amides is 4. The van der Waals surface area contributed by atoms with Gasteiger partial charge in [0.1, 0.15) is 29.6 Å². The van der Waals surface area contributed by atoms with Crippen molar-refractivity contribution >= 4 is 47.5 Å². The molecule has 5 rings (SSSR count). The first-order valence-corrected chi connectivity index (χ1v) is 16.2. The Morgan fingerprint density at radius 2 is 1.82 bits per heavy atom. The van der Waals surface area contributed by atoms with E-state index in [0.717, 1.165) is 23.3 Å². The van der Waals surface area contributed by atoms with Crippen LogP contribution >= 0.6 is 0 Å². The molecule has 0 bridgehead atoms. The van der Waals surface area contributed by atoms with Gasteiger partial charge in [0.25, 0.3) is 17.7 Å². The normalized spacial score (nSPS) is 16.7. The average Bonchev–Trinajstić information content (AvgIpc) is 3.91. The largest absolute Gasteiger partial charge is 0.389 e. The number of rotatable bonds is 11. The van der Waals surface area contributed by atoms with E-state index < -0.39 is 29.3 Å². The number of aldehydes is 1. The van der Waals surface area contributed by atoms with E-state index in [1.54, 1.807) is 50.2 Å². The highest BCUT2D eigenvalue weighted by atomic mass is 16.2. The number of allylic oxidation sites excluding steroid dienone is 2. The Kier molecular flexibility index (Phi) is 10.1. The fourth-order valence-corrected chi connectivity index (χ4v) is 5.73. The maximum atomic E-state index is 13.3. The quantitative estimate of drug-likeness (QED) is 0.105. The Bertz CT molecular complexity index is 1980. The number of hydrogen-bond donors (Lipinski definition) is 3. The van der Waals surface area contributed by atoms with Crippen LogP contribution in [0.1, 0.15) is 77.3 Å². The van der Waals surface area contributed by atoms with Gasteiger partial charge < -0.3 is 26.1 Å². The van der Waals surface area contributed by atoms with Crippen molar-refractivity contribution in [2.75, 3.05) is 30.4 Å². The van der Waals surface area contributed by atoms with Crippen molar-refractivity contribution in [3.8, 4) is 24.0 Å². The van der Waals surface area contributed by atoms with Gasteiger partial charge in [0.2, 0.25) is 5.91 Å². The van der Waals surface area contributed by atoms with Crippen LogP contribution < -0.4 is 21.3 Å². The van der Waals surface area contributed by atoms with Gasteiger partial charge in [-0.05, 0) is 81.0 Å². The summed E-state index contributed by atoms with van der Waals surface area (Å²) >= 11 is 0. The summed E-state index contributed by atoms with van der Waals surface area (Å²) in [5.74, 6) is 4.15. The van der Waals surface area contributed by atoms with E-state index in [9.17, 15) is 34.5 Å². The topological polar surface area (TPSA) is 202 Å². The van der Waals surface area contributed by atoms with E-state index in [0.29, 0.717) is 42.2 Å². The number of nitrogens with two attached hydrogens (primary N) is 1. The molecule has 1 atom stereocenters. The number of nitrogens with zero attached hydrogens (tertiary/aromatic N) is 5. The van der Waals surface area contributed by atoms with Crippen LogP contribution in [0.2, 0.25) is 0 Å². The molecule has 2 aromatic carbocycles. The van der Waals surface area contributed by atoms with E-state index in [2.05, 4.69) is 33.5 Å². The second kappa shape index (κ2) is 14.5.